The molecule has 0 aliphatic rings. The molecule has 152 valence electrons. The van der Waals surface area contributed by atoms with E-state index in [1.54, 1.807) is 13.2 Å². The fourth-order valence-electron chi connectivity index (χ4n) is 2.52. The van der Waals surface area contributed by atoms with Crippen molar-refractivity contribution in [2.24, 2.45) is 0 Å². The van der Waals surface area contributed by atoms with E-state index in [2.05, 4.69) is 10.2 Å². The van der Waals surface area contributed by atoms with E-state index in [1.807, 2.05) is 18.2 Å². The quantitative estimate of drug-likeness (QED) is 0.234. The molecule has 0 unspecified atom stereocenters. The number of hydrogen-bond donors (Lipinski definition) is 1. The number of Topliss-reactive ketones (excluding diaryl/α,β-unsaturated/α-hetero) is 1. The molecule has 9 heteroatoms. The topological polar surface area (TPSA) is 92.3 Å². The van der Waals surface area contributed by atoms with Gasteiger partial charge in [0.2, 0.25) is 5.16 Å². The first-order valence-corrected chi connectivity index (χ1v) is 9.93. The maximum absolute atomic E-state index is 12.9. The predicted molar refractivity (Wildman–Crippen MR) is 108 cm³/mol. The molecule has 0 amide bonds. The molecule has 0 aliphatic heterocycles. The van der Waals surface area contributed by atoms with E-state index in [1.165, 1.54) is 40.7 Å². The highest BCUT2D eigenvalue weighted by molar-refractivity contribution is 7.99. The average molecular weight is 416 g/mol. The third-order valence-corrected chi connectivity index (χ3v) is 5.12. The van der Waals surface area contributed by atoms with Crippen LogP contribution >= 0.6 is 11.8 Å². The van der Waals surface area contributed by atoms with Gasteiger partial charge in [0.1, 0.15) is 23.9 Å². The Kier molecular flexibility index (Phi) is 7.07. The first-order valence-electron chi connectivity index (χ1n) is 8.94. The molecule has 2 N–H and O–H groups in total. The summed E-state index contributed by atoms with van der Waals surface area (Å²) in [6.45, 7) is 0.167. The Hall–Kier alpha value is -3.07. The number of hydrogen-bond acceptors (Lipinski definition) is 7. The van der Waals surface area contributed by atoms with Crippen LogP contribution in [0.15, 0.2) is 53.7 Å². The number of carbonyl (C=O) groups excluding carboxylic acids is 1. The second-order valence-corrected chi connectivity index (χ2v) is 7.18. The summed E-state index contributed by atoms with van der Waals surface area (Å²) in [5.74, 6) is 8.13. The number of methoxy groups -OCH3 is 1. The molecule has 0 fully saturated rings. The minimum atomic E-state index is -0.356. The number of thioether (sulfide) groups is 1. The van der Waals surface area contributed by atoms with Gasteiger partial charge >= 0.3 is 0 Å². The van der Waals surface area contributed by atoms with Crippen LogP contribution < -0.4 is 15.3 Å². The lowest BCUT2D eigenvalue weighted by atomic mass is 10.1. The summed E-state index contributed by atoms with van der Waals surface area (Å²) < 4.78 is 25.1. The highest BCUT2D eigenvalue weighted by Gasteiger charge is 2.12. The maximum Gasteiger partial charge on any atom is 0.209 e. The Morgan fingerprint density at radius 1 is 1.17 bits per heavy atom. The third kappa shape index (κ3) is 5.71. The van der Waals surface area contributed by atoms with E-state index in [0.717, 1.165) is 0 Å². The first-order chi connectivity index (χ1) is 14.1. The normalized spacial score (nSPS) is 10.7. The SMILES string of the molecule is COc1cccc(OCc2nnc(SCCCC(=O)c3ccc(F)cc3)n2N)c1. The molecular formula is C20H21FN4O3S. The van der Waals surface area contributed by atoms with Crippen LogP contribution in [0.4, 0.5) is 4.39 Å². The van der Waals surface area contributed by atoms with Crippen LogP contribution in [0.5, 0.6) is 11.5 Å². The second-order valence-electron chi connectivity index (χ2n) is 6.12. The number of nitrogens with two attached hydrogens (primary N) is 1. The van der Waals surface area contributed by atoms with Crippen molar-refractivity contribution in [2.75, 3.05) is 18.7 Å². The zero-order chi connectivity index (χ0) is 20.6. The third-order valence-electron chi connectivity index (χ3n) is 4.09. The summed E-state index contributed by atoms with van der Waals surface area (Å²) in [5, 5.41) is 8.66. The van der Waals surface area contributed by atoms with Crippen molar-refractivity contribution in [1.29, 1.82) is 0 Å². The molecule has 0 saturated carbocycles. The largest absolute Gasteiger partial charge is 0.497 e. The number of nitrogens with zero attached hydrogens (tertiary/aromatic N) is 3. The van der Waals surface area contributed by atoms with Crippen LogP contribution in [0.2, 0.25) is 0 Å². The van der Waals surface area contributed by atoms with Crippen LogP contribution in [-0.4, -0.2) is 33.5 Å². The number of rotatable bonds is 10. The maximum atomic E-state index is 12.9. The van der Waals surface area contributed by atoms with Gasteiger partial charge in [0.25, 0.3) is 0 Å². The molecule has 0 radical (unpaired) electrons. The number of ketones is 1. The highest BCUT2D eigenvalue weighted by atomic mass is 32.2. The predicted octanol–water partition coefficient (Wildman–Crippen LogP) is 3.47. The smallest absolute Gasteiger partial charge is 0.209 e. The molecule has 0 aliphatic carbocycles. The van der Waals surface area contributed by atoms with Gasteiger partial charge in [-0.05, 0) is 42.8 Å². The van der Waals surface area contributed by atoms with Gasteiger partial charge in [-0.2, -0.15) is 0 Å². The van der Waals surface area contributed by atoms with Gasteiger partial charge in [-0.25, -0.2) is 9.07 Å². The van der Waals surface area contributed by atoms with Crippen molar-refractivity contribution >= 4 is 17.5 Å². The van der Waals surface area contributed by atoms with E-state index in [-0.39, 0.29) is 18.2 Å². The Morgan fingerprint density at radius 3 is 2.69 bits per heavy atom. The van der Waals surface area contributed by atoms with Crippen molar-refractivity contribution in [2.45, 2.75) is 24.6 Å². The standard InChI is InChI=1S/C20H21FN4O3S/c1-27-16-4-2-5-17(12-16)28-13-19-23-24-20(25(19)22)29-11-3-6-18(26)14-7-9-15(21)10-8-14/h2,4-5,7-10,12H,3,6,11,13,22H2,1H3. The Bertz CT molecular complexity index is 963. The van der Waals surface area contributed by atoms with Crippen molar-refractivity contribution in [3.05, 3.63) is 65.7 Å². The zero-order valence-corrected chi connectivity index (χ0v) is 16.7. The van der Waals surface area contributed by atoms with Gasteiger partial charge in [0, 0.05) is 23.8 Å². The molecule has 29 heavy (non-hydrogen) atoms. The highest BCUT2D eigenvalue weighted by Crippen LogP contribution is 2.21. The molecule has 0 bridgehead atoms. The van der Waals surface area contributed by atoms with Crippen LogP contribution in [0.3, 0.4) is 0 Å². The molecular weight excluding hydrogens is 395 g/mol. The summed E-state index contributed by atoms with van der Waals surface area (Å²) in [6.07, 6.45) is 1.01. The molecule has 2 aromatic carbocycles. The Labute approximate surface area is 172 Å². The molecule has 1 aromatic heterocycles. The van der Waals surface area contributed by atoms with Crippen LogP contribution in [0.1, 0.15) is 29.0 Å². The number of benzene rings is 2. The average Bonchev–Trinajstić information content (AvgIpc) is 3.09. The van der Waals surface area contributed by atoms with Gasteiger partial charge < -0.3 is 15.3 Å². The first kappa shape index (κ1) is 20.7. The number of ether oxygens (including phenoxy) is 2. The van der Waals surface area contributed by atoms with E-state index in [9.17, 15) is 9.18 Å². The van der Waals surface area contributed by atoms with Crippen molar-refractivity contribution < 1.29 is 18.7 Å². The summed E-state index contributed by atoms with van der Waals surface area (Å²) >= 11 is 1.41. The molecule has 1 heterocycles. The van der Waals surface area contributed by atoms with Crippen molar-refractivity contribution in [3.63, 3.8) is 0 Å². The lowest BCUT2D eigenvalue weighted by Crippen LogP contribution is -2.16. The molecule has 0 atom stereocenters. The molecule has 7 nitrogen and oxygen atoms in total. The Morgan fingerprint density at radius 2 is 1.93 bits per heavy atom. The fourth-order valence-corrected chi connectivity index (χ4v) is 3.33. The zero-order valence-electron chi connectivity index (χ0n) is 15.9. The van der Waals surface area contributed by atoms with Gasteiger partial charge in [-0.1, -0.05) is 17.8 Å². The van der Waals surface area contributed by atoms with Gasteiger partial charge in [-0.3, -0.25) is 4.79 Å². The summed E-state index contributed by atoms with van der Waals surface area (Å²) in [4.78, 5) is 12.1. The molecule has 0 saturated heterocycles. The van der Waals surface area contributed by atoms with Crippen LogP contribution in [-0.2, 0) is 6.61 Å². The summed E-state index contributed by atoms with van der Waals surface area (Å²) in [7, 11) is 1.59. The van der Waals surface area contributed by atoms with Gasteiger partial charge in [0.05, 0.1) is 7.11 Å². The fraction of sp³-hybridized carbons (Fsp3) is 0.250. The molecule has 3 aromatic rings. The van der Waals surface area contributed by atoms with Crippen LogP contribution in [0.25, 0.3) is 0 Å². The second kappa shape index (κ2) is 9.92. The number of halogens is 1. The van der Waals surface area contributed by atoms with Crippen molar-refractivity contribution in [3.8, 4) is 11.5 Å². The van der Waals surface area contributed by atoms with E-state index < -0.39 is 0 Å². The minimum Gasteiger partial charge on any atom is -0.497 e. The lowest BCUT2D eigenvalue weighted by Gasteiger charge is -2.07. The Balaban J connectivity index is 1.45. The molecule has 3 rings (SSSR count). The van der Waals surface area contributed by atoms with Gasteiger partial charge in [0.15, 0.2) is 11.6 Å². The summed E-state index contributed by atoms with van der Waals surface area (Å²) in [5.41, 5.74) is 0.510. The monoisotopic (exact) mass is 416 g/mol. The van der Waals surface area contributed by atoms with Crippen molar-refractivity contribution in [1.82, 2.24) is 14.9 Å². The number of aromatic nitrogens is 3. The van der Waals surface area contributed by atoms with E-state index in [0.29, 0.717) is 46.6 Å². The lowest BCUT2D eigenvalue weighted by molar-refractivity contribution is 0.0982. The van der Waals surface area contributed by atoms with E-state index in [4.69, 9.17) is 15.3 Å². The number of carbonyl (C=O) groups is 1. The van der Waals surface area contributed by atoms with Crippen LogP contribution in [0, 0.1) is 5.82 Å². The van der Waals surface area contributed by atoms with Gasteiger partial charge in [-0.15, -0.1) is 10.2 Å². The van der Waals surface area contributed by atoms with E-state index >= 15 is 0 Å². The minimum absolute atomic E-state index is 0.0211. The summed E-state index contributed by atoms with van der Waals surface area (Å²) in [6, 6.07) is 12.8. The molecule has 0 spiro atoms. The number of nitrogen functional groups attached to an aromatic ring is 1.